The Kier molecular flexibility index (Phi) is 6.49. The van der Waals surface area contributed by atoms with Crippen LogP contribution >= 0.6 is 0 Å². The summed E-state index contributed by atoms with van der Waals surface area (Å²) in [6, 6.07) is 9.89. The lowest BCUT2D eigenvalue weighted by Gasteiger charge is -2.27. The van der Waals surface area contributed by atoms with Gasteiger partial charge in [0, 0.05) is 11.5 Å². The predicted molar refractivity (Wildman–Crippen MR) is 121 cm³/mol. The van der Waals surface area contributed by atoms with Crippen LogP contribution < -0.4 is 10.5 Å². The molecule has 0 aliphatic heterocycles. The summed E-state index contributed by atoms with van der Waals surface area (Å²) >= 11 is 0. The number of hydrogen-bond donors (Lipinski definition) is 1. The van der Waals surface area contributed by atoms with E-state index in [1.54, 1.807) is 4.90 Å². The van der Waals surface area contributed by atoms with E-state index in [0.29, 0.717) is 35.9 Å². The van der Waals surface area contributed by atoms with Crippen LogP contribution in [0.1, 0.15) is 68.7 Å². The minimum atomic E-state index is -0.125. The van der Waals surface area contributed by atoms with Crippen LogP contribution in [-0.2, 0) is 17.8 Å². The first-order chi connectivity index (χ1) is 15.1. The smallest absolute Gasteiger partial charge is 0.276 e. The standard InChI is InChI=1S/C24H31N5O2/c1-3-4-15-20-17(2)25-23-26-24(27-29(23)22(20)31)28(16-18-11-7-5-8-12-18)21(30)19-13-9-6-10-14-19/h5,7-8,11-12,19H,3-4,6,9-10,13-16H2,1-2H3,(H,25,26,27). The average Bonchev–Trinajstić information content (AvgIpc) is 3.22. The fraction of sp³-hybridized carbons (Fsp3) is 0.500. The van der Waals surface area contributed by atoms with Gasteiger partial charge < -0.3 is 0 Å². The summed E-state index contributed by atoms with van der Waals surface area (Å²) in [6.45, 7) is 4.37. The molecule has 2 heterocycles. The number of nitrogens with one attached hydrogen (secondary N) is 1. The third-order valence-electron chi connectivity index (χ3n) is 6.22. The molecule has 7 nitrogen and oxygen atoms in total. The summed E-state index contributed by atoms with van der Waals surface area (Å²) in [6.07, 6.45) is 7.80. The number of hydrogen-bond acceptors (Lipinski definition) is 4. The summed E-state index contributed by atoms with van der Waals surface area (Å²) < 4.78 is 1.39. The van der Waals surface area contributed by atoms with Crippen LogP contribution in [0.15, 0.2) is 35.1 Å². The third kappa shape index (κ3) is 4.55. The molecule has 1 aromatic carbocycles. The average molecular weight is 422 g/mol. The van der Waals surface area contributed by atoms with Crippen molar-refractivity contribution in [3.8, 4) is 0 Å². The first kappa shape index (κ1) is 21.3. The molecule has 1 aliphatic rings. The Bertz CT molecular complexity index is 1100. The van der Waals surface area contributed by atoms with E-state index in [0.717, 1.165) is 44.1 Å². The van der Waals surface area contributed by atoms with Crippen molar-refractivity contribution in [1.82, 2.24) is 19.6 Å². The highest BCUT2D eigenvalue weighted by Gasteiger charge is 2.29. The molecule has 164 valence electrons. The van der Waals surface area contributed by atoms with Crippen molar-refractivity contribution in [3.63, 3.8) is 0 Å². The number of anilines is 1. The van der Waals surface area contributed by atoms with Gasteiger partial charge in [0.05, 0.1) is 12.2 Å². The van der Waals surface area contributed by atoms with Crippen molar-refractivity contribution < 1.29 is 4.79 Å². The molecule has 0 radical (unpaired) electrons. The van der Waals surface area contributed by atoms with Crippen LogP contribution in [0, 0.1) is 12.8 Å². The summed E-state index contributed by atoms with van der Waals surface area (Å²) in [5.74, 6) is 0.763. The Morgan fingerprint density at radius 3 is 2.61 bits per heavy atom. The van der Waals surface area contributed by atoms with Gasteiger partial charge in [-0.05, 0) is 38.2 Å². The van der Waals surface area contributed by atoms with Gasteiger partial charge in [-0.3, -0.25) is 19.6 Å². The number of aromatic nitrogens is 4. The van der Waals surface area contributed by atoms with Gasteiger partial charge in [-0.25, -0.2) is 4.98 Å². The van der Waals surface area contributed by atoms with Gasteiger partial charge in [-0.1, -0.05) is 62.9 Å². The van der Waals surface area contributed by atoms with E-state index in [2.05, 4.69) is 22.0 Å². The third-order valence-corrected chi connectivity index (χ3v) is 6.22. The summed E-state index contributed by atoms with van der Waals surface area (Å²) in [5, 5.41) is 3.08. The van der Waals surface area contributed by atoms with Gasteiger partial charge >= 0.3 is 0 Å². The van der Waals surface area contributed by atoms with Crippen molar-refractivity contribution in [2.75, 3.05) is 4.90 Å². The van der Waals surface area contributed by atoms with E-state index in [-0.39, 0.29) is 17.4 Å². The molecule has 0 atom stereocenters. The Balaban J connectivity index is 1.73. The number of rotatable bonds is 7. The lowest BCUT2D eigenvalue weighted by Crippen LogP contribution is -2.37. The van der Waals surface area contributed by atoms with E-state index in [4.69, 9.17) is 0 Å². The molecule has 3 aromatic rings. The molecule has 1 fully saturated rings. The van der Waals surface area contributed by atoms with E-state index in [1.165, 1.54) is 10.9 Å². The van der Waals surface area contributed by atoms with Gasteiger partial charge in [0.2, 0.25) is 11.9 Å². The lowest BCUT2D eigenvalue weighted by atomic mass is 9.88. The van der Waals surface area contributed by atoms with E-state index >= 15 is 0 Å². The quantitative estimate of drug-likeness (QED) is 0.620. The van der Waals surface area contributed by atoms with Gasteiger partial charge in [0.15, 0.2) is 0 Å². The zero-order valence-corrected chi connectivity index (χ0v) is 18.4. The number of H-pyrrole nitrogens is 1. The topological polar surface area (TPSA) is 83.4 Å². The normalized spacial score (nSPS) is 14.8. The van der Waals surface area contributed by atoms with Gasteiger partial charge in [0.1, 0.15) is 0 Å². The molecule has 7 heteroatoms. The molecule has 1 saturated carbocycles. The fourth-order valence-electron chi connectivity index (χ4n) is 4.40. The Labute approximate surface area is 182 Å². The highest BCUT2D eigenvalue weighted by molar-refractivity contribution is 5.93. The highest BCUT2D eigenvalue weighted by Crippen LogP contribution is 2.27. The number of aryl methyl sites for hydroxylation is 1. The zero-order valence-electron chi connectivity index (χ0n) is 18.4. The van der Waals surface area contributed by atoms with Crippen molar-refractivity contribution in [2.24, 2.45) is 5.92 Å². The molecular weight excluding hydrogens is 390 g/mol. The number of carbonyl (C=O) groups excluding carboxylic acids is 1. The maximum atomic E-state index is 13.5. The van der Waals surface area contributed by atoms with Crippen molar-refractivity contribution in [1.29, 1.82) is 0 Å². The Hall–Kier alpha value is -2.96. The molecular formula is C24H31N5O2. The summed E-state index contributed by atoms with van der Waals surface area (Å²) in [5.41, 5.74) is 2.32. The van der Waals surface area contributed by atoms with Crippen LogP contribution in [0.25, 0.3) is 5.78 Å². The largest absolute Gasteiger partial charge is 0.277 e. The van der Waals surface area contributed by atoms with Crippen LogP contribution in [0.3, 0.4) is 0 Å². The molecule has 1 N–H and O–H groups in total. The number of unbranched alkanes of at least 4 members (excludes halogenated alkanes) is 1. The van der Waals surface area contributed by atoms with Crippen molar-refractivity contribution in [3.05, 3.63) is 57.5 Å². The molecule has 1 aliphatic carbocycles. The maximum absolute atomic E-state index is 13.5. The van der Waals surface area contributed by atoms with Crippen LogP contribution in [0.2, 0.25) is 0 Å². The monoisotopic (exact) mass is 421 g/mol. The minimum Gasteiger partial charge on any atom is -0.276 e. The van der Waals surface area contributed by atoms with Gasteiger partial charge in [0.25, 0.3) is 11.3 Å². The van der Waals surface area contributed by atoms with Gasteiger partial charge in [-0.2, -0.15) is 9.50 Å². The van der Waals surface area contributed by atoms with E-state index in [1.807, 2.05) is 37.3 Å². The number of aromatic amines is 1. The van der Waals surface area contributed by atoms with Crippen molar-refractivity contribution in [2.45, 2.75) is 71.8 Å². The number of benzene rings is 1. The van der Waals surface area contributed by atoms with Crippen LogP contribution in [0.5, 0.6) is 0 Å². The predicted octanol–water partition coefficient (Wildman–Crippen LogP) is 4.18. The van der Waals surface area contributed by atoms with E-state index < -0.39 is 0 Å². The second-order valence-electron chi connectivity index (χ2n) is 8.51. The van der Waals surface area contributed by atoms with Crippen LogP contribution in [-0.4, -0.2) is 25.5 Å². The number of fused-ring (bicyclic) bond motifs is 1. The fourth-order valence-corrected chi connectivity index (χ4v) is 4.40. The maximum Gasteiger partial charge on any atom is 0.277 e. The highest BCUT2D eigenvalue weighted by atomic mass is 16.2. The Morgan fingerprint density at radius 2 is 1.90 bits per heavy atom. The van der Waals surface area contributed by atoms with E-state index in [9.17, 15) is 9.59 Å². The molecule has 1 amide bonds. The van der Waals surface area contributed by atoms with Crippen molar-refractivity contribution >= 4 is 17.6 Å². The summed E-state index contributed by atoms with van der Waals surface area (Å²) in [4.78, 5) is 37.4. The summed E-state index contributed by atoms with van der Waals surface area (Å²) in [7, 11) is 0. The van der Waals surface area contributed by atoms with Gasteiger partial charge in [-0.15, -0.1) is 0 Å². The molecule has 0 bridgehead atoms. The SMILES string of the molecule is CCCCc1c(C)nc2nc(N(Cc3ccccc3)C(=O)C3CCCCC3)[nH]n2c1=O. The first-order valence-corrected chi connectivity index (χ1v) is 11.4. The molecule has 0 saturated heterocycles. The minimum absolute atomic E-state index is 0.00259. The number of carbonyl (C=O) groups is 1. The van der Waals surface area contributed by atoms with Crippen LogP contribution in [0.4, 0.5) is 5.95 Å². The zero-order chi connectivity index (χ0) is 21.8. The number of nitrogens with zero attached hydrogens (tertiary/aromatic N) is 4. The Morgan fingerprint density at radius 1 is 1.16 bits per heavy atom. The molecule has 0 spiro atoms. The second kappa shape index (κ2) is 9.45. The molecule has 0 unspecified atom stereocenters. The molecule has 2 aromatic heterocycles. The lowest BCUT2D eigenvalue weighted by molar-refractivity contribution is -0.123. The first-order valence-electron chi connectivity index (χ1n) is 11.4. The molecule has 4 rings (SSSR count). The molecule has 31 heavy (non-hydrogen) atoms. The second-order valence-corrected chi connectivity index (χ2v) is 8.51. The number of amides is 1.